The summed E-state index contributed by atoms with van der Waals surface area (Å²) in [7, 11) is 0. The Labute approximate surface area is 138 Å². The summed E-state index contributed by atoms with van der Waals surface area (Å²) in [5.41, 5.74) is 7.93. The maximum Gasteiger partial charge on any atom is 0.330 e. The molecule has 0 aliphatic heterocycles. The number of hydrogen-bond acceptors (Lipinski definition) is 4. The van der Waals surface area contributed by atoms with Crippen LogP contribution in [0.25, 0.3) is 0 Å². The molecule has 2 aromatic carbocycles. The predicted octanol–water partition coefficient (Wildman–Crippen LogP) is 2.22. The fourth-order valence-corrected chi connectivity index (χ4v) is 2.41. The molecule has 1 aromatic heterocycles. The molecular formula is C18H18N4O2. The van der Waals surface area contributed by atoms with Crippen LogP contribution in [0, 0.1) is 6.92 Å². The second-order valence-electron chi connectivity index (χ2n) is 5.58. The van der Waals surface area contributed by atoms with Crippen LogP contribution in [-0.4, -0.2) is 9.55 Å². The molecular weight excluding hydrogens is 304 g/mol. The number of benzene rings is 2. The van der Waals surface area contributed by atoms with Gasteiger partial charge in [-0.2, -0.15) is 0 Å². The molecule has 0 atom stereocenters. The Morgan fingerprint density at radius 1 is 1.04 bits per heavy atom. The average Bonchev–Trinajstić information content (AvgIpc) is 2.58. The summed E-state index contributed by atoms with van der Waals surface area (Å²) >= 11 is 0. The molecule has 1 heterocycles. The number of nitrogens with zero attached hydrogens (tertiary/aromatic N) is 1. The zero-order valence-electron chi connectivity index (χ0n) is 13.2. The molecule has 122 valence electrons. The van der Waals surface area contributed by atoms with Gasteiger partial charge in [-0.05, 0) is 24.6 Å². The zero-order valence-corrected chi connectivity index (χ0v) is 13.2. The Bertz CT molecular complexity index is 957. The smallest absolute Gasteiger partial charge is 0.330 e. The topological polar surface area (TPSA) is 92.9 Å². The molecule has 0 radical (unpaired) electrons. The minimum Gasteiger partial charge on any atom is -0.383 e. The van der Waals surface area contributed by atoms with Crippen LogP contribution in [0.3, 0.4) is 0 Å². The average molecular weight is 322 g/mol. The number of hydrogen-bond donors (Lipinski definition) is 3. The van der Waals surface area contributed by atoms with Crippen molar-refractivity contribution in [2.75, 3.05) is 11.1 Å². The summed E-state index contributed by atoms with van der Waals surface area (Å²) in [6.45, 7) is 2.26. The lowest BCUT2D eigenvalue weighted by Gasteiger charge is -2.14. The molecule has 6 nitrogen and oxygen atoms in total. The first-order valence-corrected chi connectivity index (χ1v) is 7.55. The van der Waals surface area contributed by atoms with E-state index in [0.29, 0.717) is 0 Å². The van der Waals surface area contributed by atoms with Crippen LogP contribution in [0.1, 0.15) is 11.1 Å². The molecule has 24 heavy (non-hydrogen) atoms. The van der Waals surface area contributed by atoms with Crippen molar-refractivity contribution in [2.24, 2.45) is 0 Å². The van der Waals surface area contributed by atoms with Crippen LogP contribution in [0.5, 0.6) is 0 Å². The van der Waals surface area contributed by atoms with Gasteiger partial charge in [0.25, 0.3) is 5.56 Å². The first kappa shape index (κ1) is 15.6. The van der Waals surface area contributed by atoms with Crippen LogP contribution in [0.15, 0.2) is 64.2 Å². The van der Waals surface area contributed by atoms with Gasteiger partial charge in [-0.15, -0.1) is 0 Å². The Kier molecular flexibility index (Phi) is 4.20. The zero-order chi connectivity index (χ0) is 17.1. The molecule has 0 aliphatic rings. The fourth-order valence-electron chi connectivity index (χ4n) is 2.41. The SMILES string of the molecule is Cc1ccc(Nc2c(N)n(Cc3ccccc3)c(=O)[nH]c2=O)cc1. The lowest BCUT2D eigenvalue weighted by atomic mass is 10.2. The number of anilines is 3. The van der Waals surface area contributed by atoms with E-state index in [1.54, 1.807) is 0 Å². The number of H-pyrrole nitrogens is 1. The van der Waals surface area contributed by atoms with Crippen molar-refractivity contribution in [1.82, 2.24) is 9.55 Å². The van der Waals surface area contributed by atoms with Gasteiger partial charge in [-0.3, -0.25) is 14.3 Å². The lowest BCUT2D eigenvalue weighted by molar-refractivity contribution is 0.735. The Morgan fingerprint density at radius 2 is 1.71 bits per heavy atom. The van der Waals surface area contributed by atoms with Gasteiger partial charge in [0.1, 0.15) is 11.5 Å². The highest BCUT2D eigenvalue weighted by Crippen LogP contribution is 2.18. The van der Waals surface area contributed by atoms with Gasteiger partial charge in [0.15, 0.2) is 0 Å². The standard InChI is InChI=1S/C18H18N4O2/c1-12-7-9-14(10-8-12)20-15-16(19)22(18(24)21-17(15)23)11-13-5-3-2-4-6-13/h2-10,20H,11,19H2,1H3,(H,21,23,24). The fraction of sp³-hybridized carbons (Fsp3) is 0.111. The van der Waals surface area contributed by atoms with Gasteiger partial charge in [0.05, 0.1) is 6.54 Å². The molecule has 0 bridgehead atoms. The van der Waals surface area contributed by atoms with Crippen LogP contribution in [0.2, 0.25) is 0 Å². The molecule has 6 heteroatoms. The van der Waals surface area contributed by atoms with Crippen molar-refractivity contribution in [3.8, 4) is 0 Å². The summed E-state index contributed by atoms with van der Waals surface area (Å²) in [5, 5.41) is 2.99. The predicted molar refractivity (Wildman–Crippen MR) is 95.7 cm³/mol. The molecule has 3 rings (SSSR count). The number of aryl methyl sites for hydroxylation is 1. The van der Waals surface area contributed by atoms with Crippen molar-refractivity contribution in [3.05, 3.63) is 86.6 Å². The minimum atomic E-state index is -0.539. The first-order valence-electron chi connectivity index (χ1n) is 7.55. The van der Waals surface area contributed by atoms with Gasteiger partial charge < -0.3 is 11.1 Å². The van der Waals surface area contributed by atoms with E-state index in [0.717, 1.165) is 16.8 Å². The second kappa shape index (κ2) is 6.45. The van der Waals surface area contributed by atoms with E-state index < -0.39 is 11.2 Å². The lowest BCUT2D eigenvalue weighted by Crippen LogP contribution is -2.33. The number of nitrogens with one attached hydrogen (secondary N) is 2. The van der Waals surface area contributed by atoms with Crippen molar-refractivity contribution >= 4 is 17.2 Å². The number of nitrogens with two attached hydrogens (primary N) is 1. The summed E-state index contributed by atoms with van der Waals surface area (Å²) in [6.07, 6.45) is 0. The highest BCUT2D eigenvalue weighted by molar-refractivity contribution is 5.69. The third kappa shape index (κ3) is 3.22. The minimum absolute atomic E-state index is 0.105. The molecule has 0 amide bonds. The molecule has 0 saturated carbocycles. The van der Waals surface area contributed by atoms with E-state index >= 15 is 0 Å². The molecule has 0 aliphatic carbocycles. The Hall–Kier alpha value is -3.28. The van der Waals surface area contributed by atoms with Gasteiger partial charge in [-0.1, -0.05) is 48.0 Å². The van der Waals surface area contributed by atoms with E-state index in [4.69, 9.17) is 5.73 Å². The highest BCUT2D eigenvalue weighted by Gasteiger charge is 2.13. The summed E-state index contributed by atoms with van der Waals surface area (Å²) in [6, 6.07) is 17.0. The normalized spacial score (nSPS) is 10.5. The quantitative estimate of drug-likeness (QED) is 0.686. The van der Waals surface area contributed by atoms with Gasteiger partial charge in [-0.25, -0.2) is 4.79 Å². The van der Waals surface area contributed by atoms with E-state index in [1.165, 1.54) is 4.57 Å². The van der Waals surface area contributed by atoms with Crippen molar-refractivity contribution in [3.63, 3.8) is 0 Å². The summed E-state index contributed by atoms with van der Waals surface area (Å²) in [5.74, 6) is 0.105. The number of aromatic amines is 1. The van der Waals surface area contributed by atoms with E-state index in [-0.39, 0.29) is 18.1 Å². The molecule has 4 N–H and O–H groups in total. The largest absolute Gasteiger partial charge is 0.383 e. The van der Waals surface area contributed by atoms with Crippen molar-refractivity contribution in [2.45, 2.75) is 13.5 Å². The molecule has 0 fully saturated rings. The Morgan fingerprint density at radius 3 is 2.38 bits per heavy atom. The summed E-state index contributed by atoms with van der Waals surface area (Å²) < 4.78 is 1.34. The number of aromatic nitrogens is 2. The summed E-state index contributed by atoms with van der Waals surface area (Å²) in [4.78, 5) is 26.5. The van der Waals surface area contributed by atoms with Crippen LogP contribution in [-0.2, 0) is 6.54 Å². The highest BCUT2D eigenvalue weighted by atomic mass is 16.2. The third-order valence-electron chi connectivity index (χ3n) is 3.74. The third-order valence-corrected chi connectivity index (χ3v) is 3.74. The van der Waals surface area contributed by atoms with Crippen molar-refractivity contribution < 1.29 is 0 Å². The number of rotatable bonds is 4. The molecule has 0 spiro atoms. The van der Waals surface area contributed by atoms with E-state index in [1.807, 2.05) is 61.5 Å². The number of nitrogen functional groups attached to an aromatic ring is 1. The van der Waals surface area contributed by atoms with Gasteiger partial charge in [0.2, 0.25) is 0 Å². The monoisotopic (exact) mass is 322 g/mol. The van der Waals surface area contributed by atoms with E-state index in [9.17, 15) is 9.59 Å². The van der Waals surface area contributed by atoms with Crippen LogP contribution in [0.4, 0.5) is 17.2 Å². The van der Waals surface area contributed by atoms with Crippen molar-refractivity contribution in [1.29, 1.82) is 0 Å². The van der Waals surface area contributed by atoms with E-state index in [2.05, 4.69) is 10.3 Å². The van der Waals surface area contributed by atoms with Crippen LogP contribution < -0.4 is 22.3 Å². The first-order chi connectivity index (χ1) is 11.5. The maximum absolute atomic E-state index is 12.1. The molecule has 0 saturated heterocycles. The maximum atomic E-state index is 12.1. The molecule has 0 unspecified atom stereocenters. The van der Waals surface area contributed by atoms with Crippen LogP contribution >= 0.6 is 0 Å². The van der Waals surface area contributed by atoms with Gasteiger partial charge >= 0.3 is 5.69 Å². The molecule has 3 aromatic rings. The Balaban J connectivity index is 2.01. The van der Waals surface area contributed by atoms with Gasteiger partial charge in [0, 0.05) is 5.69 Å². The second-order valence-corrected chi connectivity index (χ2v) is 5.58.